The predicted molar refractivity (Wildman–Crippen MR) is 90.5 cm³/mol. The van der Waals surface area contributed by atoms with E-state index in [-0.39, 0.29) is 5.91 Å². The van der Waals surface area contributed by atoms with Gasteiger partial charge in [0.05, 0.1) is 15.6 Å². The van der Waals surface area contributed by atoms with E-state index in [4.69, 9.17) is 10.8 Å². The Hall–Kier alpha value is -2.49. The highest BCUT2D eigenvalue weighted by Gasteiger charge is 2.43. The lowest BCUT2D eigenvalue weighted by molar-refractivity contribution is -0.116. The molecule has 1 amide bonds. The Morgan fingerprint density at radius 3 is 2.57 bits per heavy atom. The number of rotatable bonds is 3. The van der Waals surface area contributed by atoms with Crippen LogP contribution in [0, 0.1) is 0 Å². The summed E-state index contributed by atoms with van der Waals surface area (Å²) in [5.41, 5.74) is 1.83. The Morgan fingerprint density at radius 2 is 1.91 bits per heavy atom. The van der Waals surface area contributed by atoms with E-state index in [9.17, 15) is 4.79 Å². The maximum absolute atomic E-state index is 12.2. The van der Waals surface area contributed by atoms with Gasteiger partial charge in [-0.1, -0.05) is 18.2 Å². The van der Waals surface area contributed by atoms with Gasteiger partial charge in [-0.2, -0.15) is 0 Å². The molecular weight excluding hydrogens is 290 g/mol. The van der Waals surface area contributed by atoms with Crippen LogP contribution in [0.4, 0.5) is 5.69 Å². The van der Waals surface area contributed by atoms with Gasteiger partial charge in [0.15, 0.2) is 0 Å². The number of carbonyl (C=O) groups is 1. The molecule has 0 N–H and O–H groups in total. The molecule has 4 nitrogen and oxygen atoms in total. The first-order chi connectivity index (χ1) is 11.4. The molecule has 0 radical (unpaired) electrons. The van der Waals surface area contributed by atoms with E-state index in [1.54, 1.807) is 14.2 Å². The van der Waals surface area contributed by atoms with Crippen molar-refractivity contribution in [2.75, 3.05) is 25.6 Å². The molecule has 0 saturated carbocycles. The molecule has 1 unspecified atom stereocenters. The van der Waals surface area contributed by atoms with Crippen LogP contribution in [-0.4, -0.2) is 26.6 Å². The summed E-state index contributed by atoms with van der Waals surface area (Å²) < 4.78 is 19.7. The molecule has 0 saturated heterocycles. The van der Waals surface area contributed by atoms with Crippen LogP contribution in [0.5, 0.6) is 11.5 Å². The highest BCUT2D eigenvalue weighted by molar-refractivity contribution is 5.95. The SMILES string of the molecule is [2H]C1N(C(C)=O)c2ccccc2[C@@]1(C)c1cc(OC)ccc1OC. The van der Waals surface area contributed by atoms with Crippen LogP contribution in [0.2, 0.25) is 0 Å². The fourth-order valence-corrected chi connectivity index (χ4v) is 3.22. The molecule has 2 aromatic carbocycles. The van der Waals surface area contributed by atoms with Gasteiger partial charge >= 0.3 is 0 Å². The molecule has 3 rings (SSSR count). The molecule has 23 heavy (non-hydrogen) atoms. The average molecular weight is 312 g/mol. The molecule has 120 valence electrons. The number of ether oxygens (including phenoxy) is 2. The molecule has 4 heteroatoms. The third-order valence-electron chi connectivity index (χ3n) is 4.42. The van der Waals surface area contributed by atoms with Gasteiger partial charge in [-0.15, -0.1) is 0 Å². The molecule has 0 spiro atoms. The third-order valence-corrected chi connectivity index (χ3v) is 4.42. The summed E-state index contributed by atoms with van der Waals surface area (Å²) >= 11 is 0. The van der Waals surface area contributed by atoms with E-state index in [1.165, 1.54) is 11.8 Å². The van der Waals surface area contributed by atoms with E-state index in [2.05, 4.69) is 0 Å². The van der Waals surface area contributed by atoms with E-state index in [1.807, 2.05) is 49.4 Å². The lowest BCUT2D eigenvalue weighted by Crippen LogP contribution is -2.35. The Balaban J connectivity index is 2.29. The Kier molecular flexibility index (Phi) is 3.45. The standard InChI is InChI=1S/C19H21NO3/c1-13(21)20-12-19(2,15-7-5-6-8-17(15)20)16-11-14(22-3)9-10-18(16)23-4/h5-11H,12H2,1-4H3/t19-/m0/s1/i12D/t12?,19-. The summed E-state index contributed by atoms with van der Waals surface area (Å²) in [6.07, 6.45) is 0. The minimum Gasteiger partial charge on any atom is -0.497 e. The summed E-state index contributed by atoms with van der Waals surface area (Å²) in [7, 11) is 3.22. The minimum absolute atomic E-state index is 0.145. The summed E-state index contributed by atoms with van der Waals surface area (Å²) in [6, 6.07) is 13.2. The molecule has 2 atom stereocenters. The van der Waals surface area contributed by atoms with Gasteiger partial charge in [-0.3, -0.25) is 4.79 Å². The maximum Gasteiger partial charge on any atom is 0.223 e. The highest BCUT2D eigenvalue weighted by Crippen LogP contribution is 2.48. The molecule has 1 aliphatic rings. The fraction of sp³-hybridized carbons (Fsp3) is 0.316. The number of nitrogens with zero attached hydrogens (tertiary/aromatic N) is 1. The Bertz CT molecular complexity index is 792. The van der Waals surface area contributed by atoms with Crippen LogP contribution in [0.15, 0.2) is 42.5 Å². The molecule has 1 heterocycles. The zero-order valence-corrected chi connectivity index (χ0v) is 13.8. The number of hydrogen-bond acceptors (Lipinski definition) is 3. The second-order valence-corrected chi connectivity index (χ2v) is 5.80. The molecule has 0 bridgehead atoms. The van der Waals surface area contributed by atoms with Crippen LogP contribution >= 0.6 is 0 Å². The van der Waals surface area contributed by atoms with Crippen molar-refractivity contribution in [1.82, 2.24) is 0 Å². The Morgan fingerprint density at radius 1 is 1.17 bits per heavy atom. The number of para-hydroxylation sites is 1. The largest absolute Gasteiger partial charge is 0.497 e. The number of hydrogen-bond donors (Lipinski definition) is 0. The van der Waals surface area contributed by atoms with Crippen molar-refractivity contribution in [3.63, 3.8) is 0 Å². The van der Waals surface area contributed by atoms with E-state index >= 15 is 0 Å². The number of benzene rings is 2. The van der Waals surface area contributed by atoms with Crippen molar-refractivity contribution >= 4 is 11.6 Å². The first-order valence-corrected chi connectivity index (χ1v) is 7.49. The third kappa shape index (κ3) is 2.34. The first kappa shape index (κ1) is 14.1. The van der Waals surface area contributed by atoms with Gasteiger partial charge < -0.3 is 14.4 Å². The van der Waals surface area contributed by atoms with Gasteiger partial charge in [0, 0.05) is 30.1 Å². The summed E-state index contributed by atoms with van der Waals surface area (Å²) in [5.74, 6) is 1.22. The van der Waals surface area contributed by atoms with Gasteiger partial charge in [-0.25, -0.2) is 0 Å². The van der Waals surface area contributed by atoms with Crippen molar-refractivity contribution in [3.05, 3.63) is 53.6 Å². The van der Waals surface area contributed by atoms with E-state index < -0.39 is 11.9 Å². The number of anilines is 1. The van der Waals surface area contributed by atoms with Crippen molar-refractivity contribution in [3.8, 4) is 11.5 Å². The van der Waals surface area contributed by atoms with Crippen LogP contribution in [0.25, 0.3) is 0 Å². The lowest BCUT2D eigenvalue weighted by Gasteiger charge is -2.28. The normalized spacial score (nSPS) is 23.2. The number of carbonyl (C=O) groups excluding carboxylic acids is 1. The maximum atomic E-state index is 12.2. The Labute approximate surface area is 138 Å². The summed E-state index contributed by atoms with van der Waals surface area (Å²) in [6.45, 7) is 2.68. The zero-order valence-electron chi connectivity index (χ0n) is 14.8. The van der Waals surface area contributed by atoms with Gasteiger partial charge in [0.25, 0.3) is 0 Å². The number of amides is 1. The topological polar surface area (TPSA) is 38.8 Å². The molecule has 0 fully saturated rings. The van der Waals surface area contributed by atoms with Crippen molar-refractivity contribution in [2.24, 2.45) is 0 Å². The first-order valence-electron chi connectivity index (χ1n) is 8.07. The van der Waals surface area contributed by atoms with Crippen molar-refractivity contribution in [2.45, 2.75) is 19.3 Å². The van der Waals surface area contributed by atoms with E-state index in [0.717, 1.165) is 16.8 Å². The quantitative estimate of drug-likeness (QED) is 0.872. The second-order valence-electron chi connectivity index (χ2n) is 5.80. The van der Waals surface area contributed by atoms with Crippen LogP contribution in [-0.2, 0) is 10.2 Å². The smallest absolute Gasteiger partial charge is 0.223 e. The summed E-state index contributed by atoms with van der Waals surface area (Å²) in [4.78, 5) is 13.7. The molecule has 1 aliphatic heterocycles. The predicted octanol–water partition coefficient (Wildman–Crippen LogP) is 3.38. The number of fused-ring (bicyclic) bond motifs is 1. The summed E-state index contributed by atoms with van der Waals surface area (Å²) in [5, 5.41) is 0. The highest BCUT2D eigenvalue weighted by atomic mass is 16.5. The van der Waals surface area contributed by atoms with Crippen molar-refractivity contribution in [1.29, 1.82) is 0 Å². The number of methoxy groups -OCH3 is 2. The van der Waals surface area contributed by atoms with Gasteiger partial charge in [-0.05, 0) is 36.8 Å². The molecule has 0 aliphatic carbocycles. The van der Waals surface area contributed by atoms with Crippen LogP contribution < -0.4 is 14.4 Å². The van der Waals surface area contributed by atoms with E-state index in [0.29, 0.717) is 11.5 Å². The molecule has 2 aromatic rings. The second kappa shape index (κ2) is 5.61. The van der Waals surface area contributed by atoms with Gasteiger partial charge in [0.1, 0.15) is 11.5 Å². The van der Waals surface area contributed by atoms with Crippen LogP contribution in [0.1, 0.15) is 26.3 Å². The lowest BCUT2D eigenvalue weighted by atomic mass is 9.77. The monoisotopic (exact) mass is 312 g/mol. The molecular formula is C19H21NO3. The minimum atomic E-state index is -0.784. The molecule has 0 aromatic heterocycles. The fourth-order valence-electron chi connectivity index (χ4n) is 3.22. The van der Waals surface area contributed by atoms with Crippen LogP contribution in [0.3, 0.4) is 0 Å². The van der Waals surface area contributed by atoms with Gasteiger partial charge in [0.2, 0.25) is 5.91 Å². The zero-order chi connectivity index (χ0) is 17.5. The average Bonchev–Trinajstić information content (AvgIpc) is 2.83. The van der Waals surface area contributed by atoms with Crippen molar-refractivity contribution < 1.29 is 15.6 Å².